The minimum atomic E-state index is -0.371. The number of carbonyl (C=O) groups is 1. The van der Waals surface area contributed by atoms with Gasteiger partial charge in [0.1, 0.15) is 11.4 Å². The second-order valence-corrected chi connectivity index (χ2v) is 8.22. The number of carbonyl (C=O) groups excluding carboxylic acids is 1. The highest BCUT2D eigenvalue weighted by Crippen LogP contribution is 2.40. The first-order valence-corrected chi connectivity index (χ1v) is 10.6. The Morgan fingerprint density at radius 3 is 2.71 bits per heavy atom. The van der Waals surface area contributed by atoms with Gasteiger partial charge in [-0.1, -0.05) is 30.3 Å². The van der Waals surface area contributed by atoms with E-state index in [9.17, 15) is 4.79 Å². The Kier molecular flexibility index (Phi) is 4.94. The molecule has 1 fully saturated rings. The molecule has 0 atom stereocenters. The highest BCUT2D eigenvalue weighted by Gasteiger charge is 2.26. The highest BCUT2D eigenvalue weighted by molar-refractivity contribution is 5.96. The Labute approximate surface area is 181 Å². The lowest BCUT2D eigenvalue weighted by Crippen LogP contribution is -2.08. The molecule has 31 heavy (non-hydrogen) atoms. The molecule has 0 unspecified atom stereocenters. The Balaban J connectivity index is 1.47. The quantitative estimate of drug-likeness (QED) is 0.407. The highest BCUT2D eigenvalue weighted by atomic mass is 16.5. The van der Waals surface area contributed by atoms with Crippen molar-refractivity contribution >= 4 is 28.4 Å². The lowest BCUT2D eigenvalue weighted by molar-refractivity contribution is 0.0601. The van der Waals surface area contributed by atoms with Crippen molar-refractivity contribution in [3.63, 3.8) is 0 Å². The van der Waals surface area contributed by atoms with Gasteiger partial charge in [-0.3, -0.25) is 0 Å². The Morgan fingerprint density at radius 2 is 1.97 bits per heavy atom. The summed E-state index contributed by atoms with van der Waals surface area (Å²) < 4.78 is 7.27. The van der Waals surface area contributed by atoms with Crippen LogP contribution >= 0.6 is 0 Å². The first-order chi connectivity index (χ1) is 15.1. The normalized spacial score (nSPS) is 13.4. The van der Waals surface area contributed by atoms with Gasteiger partial charge in [0.25, 0.3) is 0 Å². The van der Waals surface area contributed by atoms with E-state index in [2.05, 4.69) is 70.5 Å². The molecule has 2 aromatic carbocycles. The summed E-state index contributed by atoms with van der Waals surface area (Å²) in [5, 5.41) is 4.49. The largest absolute Gasteiger partial charge is 0.465 e. The molecule has 1 aliphatic rings. The van der Waals surface area contributed by atoms with Crippen molar-refractivity contribution in [3.8, 4) is 0 Å². The predicted molar refractivity (Wildman–Crippen MR) is 123 cm³/mol. The number of benzene rings is 2. The number of ether oxygens (including phenoxy) is 1. The van der Waals surface area contributed by atoms with Crippen molar-refractivity contribution in [2.75, 3.05) is 12.4 Å². The van der Waals surface area contributed by atoms with Gasteiger partial charge in [0.2, 0.25) is 0 Å². The van der Waals surface area contributed by atoms with E-state index in [-0.39, 0.29) is 5.97 Å². The number of esters is 1. The molecular weight excluding hydrogens is 386 g/mol. The van der Waals surface area contributed by atoms with Crippen molar-refractivity contribution in [1.29, 1.82) is 0 Å². The smallest absolute Gasteiger partial charge is 0.341 e. The molecule has 2 aromatic heterocycles. The maximum atomic E-state index is 12.4. The third kappa shape index (κ3) is 3.91. The van der Waals surface area contributed by atoms with Gasteiger partial charge in [-0.2, -0.15) is 0 Å². The Morgan fingerprint density at radius 1 is 1.16 bits per heavy atom. The zero-order valence-electron chi connectivity index (χ0n) is 17.8. The number of anilines is 2. The summed E-state index contributed by atoms with van der Waals surface area (Å²) in [4.78, 5) is 16.9. The Bertz CT molecular complexity index is 1260. The number of pyridine rings is 1. The number of nitrogens with zero attached hydrogens (tertiary/aromatic N) is 2. The zero-order chi connectivity index (χ0) is 21.4. The van der Waals surface area contributed by atoms with Crippen molar-refractivity contribution in [1.82, 2.24) is 9.55 Å². The fourth-order valence-corrected chi connectivity index (χ4v) is 4.18. The fraction of sp³-hybridized carbons (Fsp3) is 0.231. The molecule has 5 heteroatoms. The number of aromatic nitrogens is 2. The number of methoxy groups -OCH3 is 1. The maximum Gasteiger partial charge on any atom is 0.341 e. The van der Waals surface area contributed by atoms with Crippen LogP contribution in [-0.4, -0.2) is 22.6 Å². The summed E-state index contributed by atoms with van der Waals surface area (Å²) in [6, 6.07) is 18.7. The standard InChI is InChI=1S/C26H25N3O2/c1-17-12-22(13-20-10-11-29(24(17)20)16-18-6-4-3-5-7-18)28-25-23(26(30)31-2)14-21(15-27-25)19-8-9-19/h3-7,10-15,19H,8-9,16H2,1-2H3,(H,27,28). The molecular formula is C26H25N3O2. The molecule has 1 saturated carbocycles. The summed E-state index contributed by atoms with van der Waals surface area (Å²) >= 11 is 0. The summed E-state index contributed by atoms with van der Waals surface area (Å²) in [6.07, 6.45) is 6.31. The van der Waals surface area contributed by atoms with E-state index >= 15 is 0 Å². The SMILES string of the molecule is COC(=O)c1cc(C2CC2)cnc1Nc1cc(C)c2c(ccn2Cc2ccccc2)c1. The number of hydrogen-bond acceptors (Lipinski definition) is 4. The van der Waals surface area contributed by atoms with Gasteiger partial charge in [0.05, 0.1) is 12.6 Å². The van der Waals surface area contributed by atoms with Gasteiger partial charge in [-0.05, 0) is 66.6 Å². The van der Waals surface area contributed by atoms with E-state index in [0.717, 1.165) is 41.6 Å². The minimum Gasteiger partial charge on any atom is -0.465 e. The van der Waals surface area contributed by atoms with Crippen LogP contribution in [0.25, 0.3) is 10.9 Å². The average Bonchev–Trinajstić information content (AvgIpc) is 3.56. The van der Waals surface area contributed by atoms with Crippen LogP contribution in [0.5, 0.6) is 0 Å². The van der Waals surface area contributed by atoms with E-state index < -0.39 is 0 Å². The monoisotopic (exact) mass is 411 g/mol. The van der Waals surface area contributed by atoms with E-state index in [4.69, 9.17) is 4.74 Å². The Hall–Kier alpha value is -3.60. The van der Waals surface area contributed by atoms with Crippen LogP contribution in [0.15, 0.2) is 67.0 Å². The number of aryl methyl sites for hydroxylation is 1. The second kappa shape index (κ2) is 7.91. The third-order valence-corrected chi connectivity index (χ3v) is 5.87. The third-order valence-electron chi connectivity index (χ3n) is 5.87. The molecule has 2 heterocycles. The van der Waals surface area contributed by atoms with Crippen LogP contribution < -0.4 is 5.32 Å². The molecule has 0 spiro atoms. The van der Waals surface area contributed by atoms with E-state index in [1.165, 1.54) is 18.2 Å². The first kappa shape index (κ1) is 19.4. The molecule has 0 bridgehead atoms. The van der Waals surface area contributed by atoms with Gasteiger partial charge in [-0.25, -0.2) is 9.78 Å². The van der Waals surface area contributed by atoms with Crippen molar-refractivity contribution in [3.05, 3.63) is 89.2 Å². The molecule has 0 aliphatic heterocycles. The molecule has 5 nitrogen and oxygen atoms in total. The van der Waals surface area contributed by atoms with Crippen LogP contribution in [0.3, 0.4) is 0 Å². The maximum absolute atomic E-state index is 12.4. The summed E-state index contributed by atoms with van der Waals surface area (Å²) in [6.45, 7) is 2.94. The van der Waals surface area contributed by atoms with Gasteiger partial charge in [-0.15, -0.1) is 0 Å². The molecule has 0 radical (unpaired) electrons. The fourth-order valence-electron chi connectivity index (χ4n) is 4.18. The second-order valence-electron chi connectivity index (χ2n) is 8.22. The minimum absolute atomic E-state index is 0.371. The topological polar surface area (TPSA) is 56.1 Å². The lowest BCUT2D eigenvalue weighted by Gasteiger charge is -2.13. The molecule has 156 valence electrons. The summed E-state index contributed by atoms with van der Waals surface area (Å²) in [5.41, 5.74) is 6.13. The van der Waals surface area contributed by atoms with Gasteiger partial charge >= 0.3 is 5.97 Å². The zero-order valence-corrected chi connectivity index (χ0v) is 17.8. The van der Waals surface area contributed by atoms with Crippen molar-refractivity contribution in [2.24, 2.45) is 0 Å². The number of rotatable bonds is 6. The van der Waals surface area contributed by atoms with Crippen molar-refractivity contribution in [2.45, 2.75) is 32.2 Å². The number of fused-ring (bicyclic) bond motifs is 1. The van der Waals surface area contributed by atoms with Gasteiger partial charge < -0.3 is 14.6 Å². The molecule has 0 saturated heterocycles. The number of hydrogen-bond donors (Lipinski definition) is 1. The molecule has 4 aromatic rings. The van der Waals surface area contributed by atoms with Crippen LogP contribution in [0.4, 0.5) is 11.5 Å². The van der Waals surface area contributed by atoms with Gasteiger partial charge in [0, 0.05) is 30.0 Å². The molecule has 1 N–H and O–H groups in total. The van der Waals surface area contributed by atoms with Crippen LogP contribution in [0.2, 0.25) is 0 Å². The number of nitrogens with one attached hydrogen (secondary N) is 1. The van der Waals surface area contributed by atoms with Crippen LogP contribution in [0.1, 0.15) is 45.8 Å². The van der Waals surface area contributed by atoms with Crippen LogP contribution in [-0.2, 0) is 11.3 Å². The first-order valence-electron chi connectivity index (χ1n) is 10.6. The van der Waals surface area contributed by atoms with Gasteiger partial charge in [0.15, 0.2) is 0 Å². The summed E-state index contributed by atoms with van der Waals surface area (Å²) in [7, 11) is 1.40. The van der Waals surface area contributed by atoms with Crippen LogP contribution in [0, 0.1) is 6.92 Å². The van der Waals surface area contributed by atoms with Crippen molar-refractivity contribution < 1.29 is 9.53 Å². The van der Waals surface area contributed by atoms with E-state index in [1.54, 1.807) is 0 Å². The molecule has 1 aliphatic carbocycles. The lowest BCUT2D eigenvalue weighted by atomic mass is 10.1. The molecule has 5 rings (SSSR count). The van der Waals surface area contributed by atoms with E-state index in [0.29, 0.717) is 17.3 Å². The summed E-state index contributed by atoms with van der Waals surface area (Å²) in [5.74, 6) is 0.677. The average molecular weight is 412 g/mol. The predicted octanol–water partition coefficient (Wildman–Crippen LogP) is 5.80. The van der Waals surface area contributed by atoms with E-state index in [1.807, 2.05) is 18.3 Å². The molecule has 0 amide bonds.